The summed E-state index contributed by atoms with van der Waals surface area (Å²) < 4.78 is 1.95. The Morgan fingerprint density at radius 3 is 2.26 bits per heavy atom. The highest BCUT2D eigenvalue weighted by atomic mass is 15.0. The average Bonchev–Trinajstić information content (AvgIpc) is 2.50. The molecule has 0 radical (unpaired) electrons. The Labute approximate surface area is 117 Å². The quantitative estimate of drug-likeness (QED) is 0.901. The van der Waals surface area contributed by atoms with Gasteiger partial charge in [-0.1, -0.05) is 20.8 Å². The zero-order valence-corrected chi connectivity index (χ0v) is 13.4. The number of nitrogens with zero attached hydrogens (tertiary/aromatic N) is 2. The summed E-state index contributed by atoms with van der Waals surface area (Å²) in [4.78, 5) is 0. The molecule has 106 valence electrons. The third kappa shape index (κ3) is 4.40. The van der Waals surface area contributed by atoms with Gasteiger partial charge in [-0.3, -0.25) is 0 Å². The van der Waals surface area contributed by atoms with Gasteiger partial charge in [-0.05, 0) is 44.2 Å². The maximum atomic E-state index is 9.05. The van der Waals surface area contributed by atoms with Gasteiger partial charge in [0.05, 0.1) is 0 Å². The molecule has 0 spiro atoms. The monoisotopic (exact) mass is 261 g/mol. The van der Waals surface area contributed by atoms with E-state index in [0.717, 1.165) is 24.4 Å². The molecule has 0 aliphatic rings. The van der Waals surface area contributed by atoms with Gasteiger partial charge in [-0.25, -0.2) is 0 Å². The normalized spacial score (nSPS) is 12.5. The first kappa shape index (κ1) is 15.8. The Morgan fingerprint density at radius 2 is 1.84 bits per heavy atom. The van der Waals surface area contributed by atoms with E-state index in [-0.39, 0.29) is 5.54 Å². The van der Waals surface area contributed by atoms with Gasteiger partial charge in [0.15, 0.2) is 0 Å². The summed E-state index contributed by atoms with van der Waals surface area (Å²) in [5.41, 5.74) is 3.49. The van der Waals surface area contributed by atoms with Crippen molar-refractivity contribution in [2.45, 2.75) is 60.0 Å². The smallest absolute Gasteiger partial charge is 0.120 e. The van der Waals surface area contributed by atoms with E-state index in [4.69, 9.17) is 5.26 Å². The van der Waals surface area contributed by atoms with E-state index >= 15 is 0 Å². The number of hydrogen-bond acceptors (Lipinski definition) is 2. The molecule has 0 saturated carbocycles. The highest BCUT2D eigenvalue weighted by molar-refractivity contribution is 5.34. The van der Waals surface area contributed by atoms with Crippen LogP contribution in [0.2, 0.25) is 0 Å². The molecule has 0 atom stereocenters. The van der Waals surface area contributed by atoms with Crippen LogP contribution in [0.3, 0.4) is 0 Å². The van der Waals surface area contributed by atoms with Gasteiger partial charge in [0.2, 0.25) is 0 Å². The molecular formula is C16H27N3. The van der Waals surface area contributed by atoms with Gasteiger partial charge in [0, 0.05) is 24.8 Å². The lowest BCUT2D eigenvalue weighted by atomic mass is 9.82. The molecule has 0 amide bonds. The Hall–Kier alpha value is -1.27. The zero-order chi connectivity index (χ0) is 14.8. The Morgan fingerprint density at radius 1 is 1.26 bits per heavy atom. The van der Waals surface area contributed by atoms with Gasteiger partial charge in [0.25, 0.3) is 0 Å². The van der Waals surface area contributed by atoms with E-state index in [9.17, 15) is 0 Å². The topological polar surface area (TPSA) is 40.8 Å². The Balaban J connectivity index is 2.75. The molecular weight excluding hydrogens is 234 g/mol. The van der Waals surface area contributed by atoms with Gasteiger partial charge < -0.3 is 9.88 Å². The first-order valence-electron chi connectivity index (χ1n) is 6.86. The van der Waals surface area contributed by atoms with Crippen LogP contribution < -0.4 is 5.32 Å². The molecule has 19 heavy (non-hydrogen) atoms. The largest absolute Gasteiger partial charge is 0.340 e. The van der Waals surface area contributed by atoms with Crippen LogP contribution in [0.15, 0.2) is 6.07 Å². The number of nitriles is 1. The molecule has 0 aromatic carbocycles. The standard InChI is InChI=1S/C16H27N3/c1-12-13(8-14(9-17)19(12)7)10-18-16(5,6)11-15(2,3)4/h8,18H,10-11H2,1-7H3. The molecule has 0 fully saturated rings. The molecule has 0 bridgehead atoms. The van der Waals surface area contributed by atoms with Crippen molar-refractivity contribution in [1.29, 1.82) is 5.26 Å². The number of nitrogens with one attached hydrogen (secondary N) is 1. The third-order valence-electron chi connectivity index (χ3n) is 3.48. The lowest BCUT2D eigenvalue weighted by Crippen LogP contribution is -2.41. The predicted molar refractivity (Wildman–Crippen MR) is 79.9 cm³/mol. The van der Waals surface area contributed by atoms with Gasteiger partial charge in [-0.15, -0.1) is 0 Å². The molecule has 1 N–H and O–H groups in total. The van der Waals surface area contributed by atoms with E-state index in [1.165, 1.54) is 5.56 Å². The van der Waals surface area contributed by atoms with Crippen molar-refractivity contribution in [3.05, 3.63) is 23.0 Å². The summed E-state index contributed by atoms with van der Waals surface area (Å²) in [5, 5.41) is 12.7. The molecule has 0 saturated heterocycles. The fourth-order valence-corrected chi connectivity index (χ4v) is 2.77. The van der Waals surface area contributed by atoms with Crippen molar-refractivity contribution < 1.29 is 0 Å². The van der Waals surface area contributed by atoms with Crippen molar-refractivity contribution in [2.24, 2.45) is 12.5 Å². The van der Waals surface area contributed by atoms with E-state index in [0.29, 0.717) is 5.41 Å². The fourth-order valence-electron chi connectivity index (χ4n) is 2.77. The second kappa shape index (κ2) is 5.38. The second-order valence-corrected chi connectivity index (χ2v) is 7.29. The first-order chi connectivity index (χ1) is 8.56. The van der Waals surface area contributed by atoms with Crippen LogP contribution in [-0.2, 0) is 13.6 Å². The van der Waals surface area contributed by atoms with Crippen molar-refractivity contribution >= 4 is 0 Å². The van der Waals surface area contributed by atoms with Crippen molar-refractivity contribution in [3.8, 4) is 6.07 Å². The molecule has 1 heterocycles. The molecule has 0 unspecified atom stereocenters. The highest BCUT2D eigenvalue weighted by Crippen LogP contribution is 2.27. The summed E-state index contributed by atoms with van der Waals surface area (Å²) in [5.74, 6) is 0. The SMILES string of the molecule is Cc1c(CNC(C)(C)CC(C)(C)C)cc(C#N)n1C. The molecule has 1 rings (SSSR count). The average molecular weight is 261 g/mol. The summed E-state index contributed by atoms with van der Waals surface area (Å²) >= 11 is 0. The number of rotatable bonds is 4. The molecule has 3 heteroatoms. The van der Waals surface area contributed by atoms with Gasteiger partial charge in [-0.2, -0.15) is 5.26 Å². The zero-order valence-electron chi connectivity index (χ0n) is 13.4. The second-order valence-electron chi connectivity index (χ2n) is 7.29. The minimum Gasteiger partial charge on any atom is -0.340 e. The maximum absolute atomic E-state index is 9.05. The first-order valence-corrected chi connectivity index (χ1v) is 6.86. The van der Waals surface area contributed by atoms with Crippen LogP contribution >= 0.6 is 0 Å². The molecule has 1 aromatic heterocycles. The van der Waals surface area contributed by atoms with Crippen molar-refractivity contribution in [1.82, 2.24) is 9.88 Å². The number of aromatic nitrogens is 1. The number of hydrogen-bond donors (Lipinski definition) is 1. The predicted octanol–water partition coefficient (Wildman–Crippen LogP) is 3.51. The van der Waals surface area contributed by atoms with Gasteiger partial charge >= 0.3 is 0 Å². The van der Waals surface area contributed by atoms with Crippen LogP contribution in [0.1, 0.15) is 58.0 Å². The minimum atomic E-state index is 0.0906. The lowest BCUT2D eigenvalue weighted by molar-refractivity contribution is 0.240. The van der Waals surface area contributed by atoms with E-state index in [2.05, 4.69) is 52.9 Å². The summed E-state index contributed by atoms with van der Waals surface area (Å²) in [6.45, 7) is 14.1. The summed E-state index contributed by atoms with van der Waals surface area (Å²) in [6, 6.07) is 4.21. The van der Waals surface area contributed by atoms with Crippen molar-refractivity contribution in [2.75, 3.05) is 0 Å². The van der Waals surface area contributed by atoms with E-state index in [1.807, 2.05) is 17.7 Å². The minimum absolute atomic E-state index is 0.0906. The highest BCUT2D eigenvalue weighted by Gasteiger charge is 2.25. The van der Waals surface area contributed by atoms with E-state index < -0.39 is 0 Å². The van der Waals surface area contributed by atoms with E-state index in [1.54, 1.807) is 0 Å². The lowest BCUT2D eigenvalue weighted by Gasteiger charge is -2.33. The Kier molecular flexibility index (Phi) is 4.47. The van der Waals surface area contributed by atoms with Gasteiger partial charge in [0.1, 0.15) is 11.8 Å². The van der Waals surface area contributed by atoms with Crippen LogP contribution in [0.4, 0.5) is 0 Å². The summed E-state index contributed by atoms with van der Waals surface area (Å²) in [6.07, 6.45) is 1.11. The van der Waals surface area contributed by atoms with Crippen LogP contribution in [0.25, 0.3) is 0 Å². The van der Waals surface area contributed by atoms with Crippen LogP contribution in [-0.4, -0.2) is 10.1 Å². The van der Waals surface area contributed by atoms with Crippen LogP contribution in [0.5, 0.6) is 0 Å². The Bertz CT molecular complexity index is 481. The maximum Gasteiger partial charge on any atom is 0.120 e. The van der Waals surface area contributed by atoms with Crippen LogP contribution in [0, 0.1) is 23.7 Å². The third-order valence-corrected chi connectivity index (χ3v) is 3.48. The molecule has 0 aliphatic heterocycles. The molecule has 3 nitrogen and oxygen atoms in total. The molecule has 1 aromatic rings. The summed E-state index contributed by atoms with van der Waals surface area (Å²) in [7, 11) is 1.94. The van der Waals surface area contributed by atoms with Crippen molar-refractivity contribution in [3.63, 3.8) is 0 Å². The molecule has 0 aliphatic carbocycles. The fraction of sp³-hybridized carbons (Fsp3) is 0.688.